The number of amides is 1. The Morgan fingerprint density at radius 1 is 1.07 bits per heavy atom. The summed E-state index contributed by atoms with van der Waals surface area (Å²) in [5.41, 5.74) is 0.960. The zero-order chi connectivity index (χ0) is 20.7. The van der Waals surface area contributed by atoms with Crippen LogP contribution in [-0.4, -0.2) is 40.0 Å². The van der Waals surface area contributed by atoms with Gasteiger partial charge in [0, 0.05) is 24.2 Å². The molecule has 1 saturated heterocycles. The number of quaternary nitrogens is 1. The minimum atomic E-state index is -3.68. The summed E-state index contributed by atoms with van der Waals surface area (Å²) in [5.74, 6) is -0.174. The molecule has 1 unspecified atom stereocenters. The third-order valence-corrected chi connectivity index (χ3v) is 6.89. The maximum atomic E-state index is 12.5. The van der Waals surface area contributed by atoms with Crippen molar-refractivity contribution in [3.05, 3.63) is 60.2 Å². The smallest absolute Gasteiger partial charge is 0.261 e. The monoisotopic (exact) mass is 416 g/mol. The van der Waals surface area contributed by atoms with Crippen LogP contribution >= 0.6 is 0 Å². The molecule has 29 heavy (non-hydrogen) atoms. The summed E-state index contributed by atoms with van der Waals surface area (Å²) in [5, 5.41) is 2.93. The van der Waals surface area contributed by atoms with Gasteiger partial charge in [-0.3, -0.25) is 9.52 Å². The van der Waals surface area contributed by atoms with Crippen LogP contribution in [0.25, 0.3) is 0 Å². The zero-order valence-electron chi connectivity index (χ0n) is 16.9. The normalized spacial score (nSPS) is 19.5. The van der Waals surface area contributed by atoms with Crippen LogP contribution in [-0.2, 0) is 10.0 Å². The molecule has 1 aliphatic rings. The standard InChI is InChI=1S/C22H29N3O3S/c1-18-8-5-6-16-25(18)17-7-15-23-22(26)19-11-13-21(14-12-19)29(27,28)24-20-9-3-2-4-10-20/h2-4,9-14,18,24H,5-8,15-17H2,1H3,(H,23,26)/p+1/t18-/m0/s1. The molecule has 1 amide bonds. The average Bonchev–Trinajstić information content (AvgIpc) is 2.73. The summed E-state index contributed by atoms with van der Waals surface area (Å²) in [4.78, 5) is 14.1. The van der Waals surface area contributed by atoms with Gasteiger partial charge in [-0.25, -0.2) is 8.42 Å². The lowest BCUT2D eigenvalue weighted by molar-refractivity contribution is -0.928. The lowest BCUT2D eigenvalue weighted by atomic mass is 10.0. The first-order valence-corrected chi connectivity index (χ1v) is 11.7. The number of carbonyl (C=O) groups excluding carboxylic acids is 1. The number of piperidine rings is 1. The number of nitrogens with one attached hydrogen (secondary N) is 3. The van der Waals surface area contributed by atoms with E-state index in [0.29, 0.717) is 23.8 Å². The van der Waals surface area contributed by atoms with Crippen LogP contribution in [0.3, 0.4) is 0 Å². The van der Waals surface area contributed by atoms with Crippen LogP contribution in [0.1, 0.15) is 43.0 Å². The van der Waals surface area contributed by atoms with E-state index in [9.17, 15) is 13.2 Å². The highest BCUT2D eigenvalue weighted by Gasteiger charge is 2.21. The van der Waals surface area contributed by atoms with Crippen LogP contribution in [0.2, 0.25) is 0 Å². The van der Waals surface area contributed by atoms with Crippen LogP contribution in [0.5, 0.6) is 0 Å². The van der Waals surface area contributed by atoms with Crippen molar-refractivity contribution in [1.29, 1.82) is 0 Å². The highest BCUT2D eigenvalue weighted by atomic mass is 32.2. The van der Waals surface area contributed by atoms with E-state index in [0.717, 1.165) is 13.0 Å². The maximum absolute atomic E-state index is 12.5. The van der Waals surface area contributed by atoms with Crippen molar-refractivity contribution in [2.75, 3.05) is 24.4 Å². The molecule has 3 N–H and O–H groups in total. The third-order valence-electron chi connectivity index (χ3n) is 5.49. The molecule has 2 aromatic carbocycles. The molecule has 7 heteroatoms. The fourth-order valence-electron chi connectivity index (χ4n) is 3.75. The van der Waals surface area contributed by atoms with Crippen LogP contribution in [0, 0.1) is 0 Å². The summed E-state index contributed by atoms with van der Waals surface area (Å²) >= 11 is 0. The Hall–Kier alpha value is -2.38. The lowest BCUT2D eigenvalue weighted by Crippen LogP contribution is -3.16. The summed E-state index contributed by atoms with van der Waals surface area (Å²) in [6.45, 7) is 5.23. The Balaban J connectivity index is 1.49. The number of sulfonamides is 1. The largest absolute Gasteiger partial charge is 0.352 e. The first-order valence-electron chi connectivity index (χ1n) is 10.3. The van der Waals surface area contributed by atoms with Crippen molar-refractivity contribution < 1.29 is 18.1 Å². The number of likely N-dealkylation sites (tertiary alicyclic amines) is 1. The first kappa shape index (κ1) is 21.3. The summed E-state index contributed by atoms with van der Waals surface area (Å²) in [7, 11) is -3.68. The molecule has 0 radical (unpaired) electrons. The minimum absolute atomic E-state index is 0.126. The van der Waals surface area contributed by atoms with Crippen molar-refractivity contribution in [3.8, 4) is 0 Å². The molecule has 2 atom stereocenters. The van der Waals surface area contributed by atoms with Gasteiger partial charge in [-0.15, -0.1) is 0 Å². The summed E-state index contributed by atoms with van der Waals surface area (Å²) < 4.78 is 27.4. The number of anilines is 1. The Labute approximate surface area is 173 Å². The van der Waals surface area contributed by atoms with Gasteiger partial charge in [0.2, 0.25) is 0 Å². The fraction of sp³-hybridized carbons (Fsp3) is 0.409. The molecule has 2 aromatic rings. The maximum Gasteiger partial charge on any atom is 0.261 e. The predicted octanol–water partition coefficient (Wildman–Crippen LogP) is 2.06. The number of rotatable bonds is 8. The van der Waals surface area contributed by atoms with Crippen LogP contribution < -0.4 is 14.9 Å². The lowest BCUT2D eigenvalue weighted by Gasteiger charge is -2.30. The molecule has 156 valence electrons. The van der Waals surface area contributed by atoms with Gasteiger partial charge < -0.3 is 10.2 Å². The SMILES string of the molecule is C[C@H]1CCCC[NH+]1CCCNC(=O)c1ccc(S(=O)(=O)Nc2ccccc2)cc1. The molecule has 0 bridgehead atoms. The zero-order valence-corrected chi connectivity index (χ0v) is 17.7. The van der Waals surface area contributed by atoms with Gasteiger partial charge in [-0.1, -0.05) is 18.2 Å². The topological polar surface area (TPSA) is 79.7 Å². The second-order valence-electron chi connectivity index (χ2n) is 7.66. The highest BCUT2D eigenvalue weighted by molar-refractivity contribution is 7.92. The molecular formula is C22H30N3O3S+. The van der Waals surface area contributed by atoms with E-state index >= 15 is 0 Å². The second kappa shape index (κ2) is 9.89. The van der Waals surface area contributed by atoms with E-state index in [-0.39, 0.29) is 10.8 Å². The molecule has 1 heterocycles. The number of hydrogen-bond acceptors (Lipinski definition) is 3. The van der Waals surface area contributed by atoms with Crippen molar-refractivity contribution in [3.63, 3.8) is 0 Å². The van der Waals surface area contributed by atoms with Crippen molar-refractivity contribution in [2.24, 2.45) is 0 Å². The molecule has 0 aliphatic carbocycles. The highest BCUT2D eigenvalue weighted by Crippen LogP contribution is 2.16. The molecule has 0 saturated carbocycles. The molecule has 1 aliphatic heterocycles. The number of para-hydroxylation sites is 1. The Morgan fingerprint density at radius 3 is 2.48 bits per heavy atom. The molecule has 0 aromatic heterocycles. The van der Waals surface area contributed by atoms with Gasteiger partial charge in [0.1, 0.15) is 0 Å². The molecular weight excluding hydrogens is 386 g/mol. The Morgan fingerprint density at radius 2 is 1.79 bits per heavy atom. The predicted molar refractivity (Wildman–Crippen MR) is 115 cm³/mol. The van der Waals surface area contributed by atoms with Gasteiger partial charge >= 0.3 is 0 Å². The van der Waals surface area contributed by atoms with E-state index in [1.807, 2.05) is 6.07 Å². The van der Waals surface area contributed by atoms with Gasteiger partial charge in [0.25, 0.3) is 15.9 Å². The first-order chi connectivity index (χ1) is 14.0. The van der Waals surface area contributed by atoms with E-state index < -0.39 is 10.0 Å². The van der Waals surface area contributed by atoms with Crippen LogP contribution in [0.4, 0.5) is 5.69 Å². The van der Waals surface area contributed by atoms with Crippen molar-refractivity contribution in [1.82, 2.24) is 5.32 Å². The van der Waals surface area contributed by atoms with Gasteiger partial charge in [0.05, 0.1) is 24.0 Å². The van der Waals surface area contributed by atoms with E-state index in [2.05, 4.69) is 17.0 Å². The van der Waals surface area contributed by atoms with Gasteiger partial charge in [-0.05, 0) is 62.6 Å². The van der Waals surface area contributed by atoms with Gasteiger partial charge in [0.15, 0.2) is 0 Å². The van der Waals surface area contributed by atoms with E-state index in [4.69, 9.17) is 0 Å². The second-order valence-corrected chi connectivity index (χ2v) is 9.34. The summed E-state index contributed by atoms with van der Waals surface area (Å²) in [6, 6.07) is 15.4. The Kier molecular flexibility index (Phi) is 7.28. The minimum Gasteiger partial charge on any atom is -0.352 e. The number of benzene rings is 2. The average molecular weight is 417 g/mol. The van der Waals surface area contributed by atoms with Crippen molar-refractivity contribution in [2.45, 2.75) is 43.5 Å². The molecule has 0 spiro atoms. The molecule has 3 rings (SSSR count). The summed E-state index contributed by atoms with van der Waals surface area (Å²) in [6.07, 6.45) is 4.85. The Bertz CT molecular complexity index is 899. The number of carbonyl (C=O) groups is 1. The fourth-order valence-corrected chi connectivity index (χ4v) is 4.81. The van der Waals surface area contributed by atoms with E-state index in [1.165, 1.54) is 37.9 Å². The van der Waals surface area contributed by atoms with Crippen LogP contribution in [0.15, 0.2) is 59.5 Å². The van der Waals surface area contributed by atoms with E-state index in [1.54, 1.807) is 41.3 Å². The molecule has 1 fully saturated rings. The number of hydrogen-bond donors (Lipinski definition) is 3. The van der Waals surface area contributed by atoms with Crippen molar-refractivity contribution >= 4 is 21.6 Å². The molecule has 6 nitrogen and oxygen atoms in total. The third kappa shape index (κ3) is 6.05. The van der Waals surface area contributed by atoms with Gasteiger partial charge in [-0.2, -0.15) is 0 Å². The quantitative estimate of drug-likeness (QED) is 0.577.